The Kier molecular flexibility index (Phi) is 4.66. The van der Waals surface area contributed by atoms with Crippen LogP contribution in [0.1, 0.15) is 32.1 Å². The van der Waals surface area contributed by atoms with Gasteiger partial charge in [0.2, 0.25) is 5.91 Å². The number of halogens is 2. The van der Waals surface area contributed by atoms with Gasteiger partial charge in [-0.05, 0) is 69.6 Å². The minimum absolute atomic E-state index is 0.0553. The van der Waals surface area contributed by atoms with E-state index in [1.165, 1.54) is 6.42 Å². The number of hydrogen-bond acceptors (Lipinski definition) is 2. The molecule has 2 rings (SSSR count). The zero-order valence-electron chi connectivity index (χ0n) is 10.0. The van der Waals surface area contributed by atoms with Gasteiger partial charge in [0.25, 0.3) is 0 Å². The van der Waals surface area contributed by atoms with Crippen molar-refractivity contribution in [3.63, 3.8) is 0 Å². The lowest BCUT2D eigenvalue weighted by Gasteiger charge is -2.31. The van der Waals surface area contributed by atoms with Gasteiger partial charge >= 0.3 is 0 Å². The van der Waals surface area contributed by atoms with Crippen LogP contribution in [0.25, 0.3) is 0 Å². The second-order valence-corrected chi connectivity index (χ2v) is 6.82. The molecule has 3 N–H and O–H groups in total. The summed E-state index contributed by atoms with van der Waals surface area (Å²) >= 11 is 5.66. The van der Waals surface area contributed by atoms with Crippen LogP contribution >= 0.6 is 38.5 Å². The largest absolute Gasteiger partial charge is 0.324 e. The van der Waals surface area contributed by atoms with Crippen molar-refractivity contribution in [2.75, 3.05) is 5.32 Å². The number of amides is 1. The van der Waals surface area contributed by atoms with Crippen LogP contribution in [0, 0.1) is 3.57 Å². The highest BCUT2D eigenvalue weighted by atomic mass is 127. The van der Waals surface area contributed by atoms with E-state index in [-0.39, 0.29) is 5.91 Å². The zero-order chi connectivity index (χ0) is 13.2. The van der Waals surface area contributed by atoms with Gasteiger partial charge in [-0.25, -0.2) is 0 Å². The SMILES string of the molecule is NC1(C(=O)Nc2ccc(Br)c(I)c2)CCCCC1. The standard InChI is InChI=1S/C13H16BrIN2O/c14-10-5-4-9(8-11(10)15)17-12(18)13(16)6-2-1-3-7-13/h4-5,8H,1-3,6-7,16H2,(H,17,18). The minimum atomic E-state index is -0.684. The second kappa shape index (κ2) is 5.88. The Hall–Kier alpha value is -0.140. The minimum Gasteiger partial charge on any atom is -0.324 e. The topological polar surface area (TPSA) is 55.1 Å². The van der Waals surface area contributed by atoms with Crippen molar-refractivity contribution < 1.29 is 4.79 Å². The number of benzene rings is 1. The number of nitrogens with two attached hydrogens (primary N) is 1. The molecule has 0 aromatic heterocycles. The van der Waals surface area contributed by atoms with Gasteiger partial charge in [0, 0.05) is 13.7 Å². The Morgan fingerprint density at radius 2 is 2.00 bits per heavy atom. The fourth-order valence-corrected chi connectivity index (χ4v) is 3.00. The molecular formula is C13H16BrIN2O. The Labute approximate surface area is 129 Å². The van der Waals surface area contributed by atoms with Gasteiger partial charge in [-0.2, -0.15) is 0 Å². The van der Waals surface area contributed by atoms with E-state index in [2.05, 4.69) is 43.8 Å². The number of rotatable bonds is 2. The molecule has 1 aromatic carbocycles. The van der Waals surface area contributed by atoms with Crippen molar-refractivity contribution in [2.24, 2.45) is 5.73 Å². The average molecular weight is 423 g/mol. The molecule has 3 nitrogen and oxygen atoms in total. The van der Waals surface area contributed by atoms with Crippen LogP contribution < -0.4 is 11.1 Å². The van der Waals surface area contributed by atoms with Gasteiger partial charge in [-0.15, -0.1) is 0 Å². The molecule has 18 heavy (non-hydrogen) atoms. The first-order valence-corrected chi connectivity index (χ1v) is 7.94. The summed E-state index contributed by atoms with van der Waals surface area (Å²) in [6, 6.07) is 5.76. The quantitative estimate of drug-likeness (QED) is 0.714. The summed E-state index contributed by atoms with van der Waals surface area (Å²) in [6.45, 7) is 0. The number of hydrogen-bond donors (Lipinski definition) is 2. The highest BCUT2D eigenvalue weighted by molar-refractivity contribution is 14.1. The van der Waals surface area contributed by atoms with Gasteiger partial charge in [-0.3, -0.25) is 4.79 Å². The maximum atomic E-state index is 12.2. The van der Waals surface area contributed by atoms with Crippen LogP contribution in [0.3, 0.4) is 0 Å². The van der Waals surface area contributed by atoms with Crippen molar-refractivity contribution in [3.8, 4) is 0 Å². The highest BCUT2D eigenvalue weighted by Crippen LogP contribution is 2.28. The monoisotopic (exact) mass is 422 g/mol. The van der Waals surface area contributed by atoms with E-state index in [1.54, 1.807) is 0 Å². The fraction of sp³-hybridized carbons (Fsp3) is 0.462. The first-order valence-electron chi connectivity index (χ1n) is 6.07. The molecule has 98 valence electrons. The van der Waals surface area contributed by atoms with E-state index in [0.29, 0.717) is 0 Å². The molecule has 0 unspecified atom stereocenters. The van der Waals surface area contributed by atoms with Gasteiger partial charge < -0.3 is 11.1 Å². The van der Waals surface area contributed by atoms with Crippen LogP contribution in [0.5, 0.6) is 0 Å². The summed E-state index contributed by atoms with van der Waals surface area (Å²) in [7, 11) is 0. The summed E-state index contributed by atoms with van der Waals surface area (Å²) < 4.78 is 2.10. The Morgan fingerprint density at radius 1 is 1.33 bits per heavy atom. The summed E-state index contributed by atoms with van der Waals surface area (Å²) in [6.07, 6.45) is 4.84. The summed E-state index contributed by atoms with van der Waals surface area (Å²) in [5.41, 5.74) is 6.32. The molecule has 1 aliphatic carbocycles. The molecular weight excluding hydrogens is 407 g/mol. The van der Waals surface area contributed by atoms with Crippen LogP contribution in [0.2, 0.25) is 0 Å². The van der Waals surface area contributed by atoms with Crippen molar-refractivity contribution >= 4 is 50.1 Å². The van der Waals surface area contributed by atoms with Gasteiger partial charge in [0.05, 0.1) is 5.54 Å². The number of nitrogens with one attached hydrogen (secondary N) is 1. The molecule has 5 heteroatoms. The molecule has 1 aliphatic rings. The third-order valence-electron chi connectivity index (χ3n) is 3.38. The zero-order valence-corrected chi connectivity index (χ0v) is 13.8. The fourth-order valence-electron chi connectivity index (χ4n) is 2.24. The molecule has 0 saturated heterocycles. The summed E-state index contributed by atoms with van der Waals surface area (Å²) in [4.78, 5) is 12.2. The van der Waals surface area contributed by atoms with Crippen molar-refractivity contribution in [2.45, 2.75) is 37.6 Å². The van der Waals surface area contributed by atoms with Gasteiger partial charge in [0.15, 0.2) is 0 Å². The summed E-state index contributed by atoms with van der Waals surface area (Å²) in [5, 5.41) is 2.93. The lowest BCUT2D eigenvalue weighted by atomic mass is 9.82. The highest BCUT2D eigenvalue weighted by Gasteiger charge is 2.35. The average Bonchev–Trinajstić information content (AvgIpc) is 2.35. The van der Waals surface area contributed by atoms with E-state index in [0.717, 1.165) is 39.4 Å². The molecule has 1 saturated carbocycles. The van der Waals surface area contributed by atoms with E-state index in [1.807, 2.05) is 18.2 Å². The normalized spacial score (nSPS) is 18.4. The number of anilines is 1. The Balaban J connectivity index is 2.08. The molecule has 0 aliphatic heterocycles. The van der Waals surface area contributed by atoms with Gasteiger partial charge in [0.1, 0.15) is 0 Å². The lowest BCUT2D eigenvalue weighted by molar-refractivity contribution is -0.122. The molecule has 1 fully saturated rings. The molecule has 0 spiro atoms. The molecule has 1 aromatic rings. The van der Waals surface area contributed by atoms with Crippen molar-refractivity contribution in [3.05, 3.63) is 26.2 Å². The second-order valence-electron chi connectivity index (χ2n) is 4.80. The van der Waals surface area contributed by atoms with Crippen molar-refractivity contribution in [1.29, 1.82) is 0 Å². The Morgan fingerprint density at radius 3 is 2.61 bits per heavy atom. The van der Waals surface area contributed by atoms with E-state index in [4.69, 9.17) is 5.73 Å². The third-order valence-corrected chi connectivity index (χ3v) is 5.70. The first-order chi connectivity index (χ1) is 8.51. The predicted octanol–water partition coefficient (Wildman–Crippen LogP) is 3.65. The van der Waals surface area contributed by atoms with Gasteiger partial charge in [-0.1, -0.05) is 19.3 Å². The van der Waals surface area contributed by atoms with E-state index >= 15 is 0 Å². The number of carbonyl (C=O) groups excluding carboxylic acids is 1. The number of carbonyl (C=O) groups is 1. The molecule has 0 bridgehead atoms. The van der Waals surface area contributed by atoms with Crippen molar-refractivity contribution in [1.82, 2.24) is 0 Å². The van der Waals surface area contributed by atoms with Crippen LogP contribution in [-0.2, 0) is 4.79 Å². The summed E-state index contributed by atoms with van der Waals surface area (Å²) in [5.74, 6) is -0.0553. The van der Waals surface area contributed by atoms with E-state index in [9.17, 15) is 4.79 Å². The maximum Gasteiger partial charge on any atom is 0.244 e. The van der Waals surface area contributed by atoms with E-state index < -0.39 is 5.54 Å². The van der Waals surface area contributed by atoms with Crippen LogP contribution in [0.15, 0.2) is 22.7 Å². The smallest absolute Gasteiger partial charge is 0.244 e. The molecule has 0 radical (unpaired) electrons. The first kappa shape index (κ1) is 14.3. The Bertz CT molecular complexity index is 458. The predicted molar refractivity (Wildman–Crippen MR) is 85.5 cm³/mol. The molecule has 1 amide bonds. The molecule has 0 atom stereocenters. The third kappa shape index (κ3) is 3.24. The van der Waals surface area contributed by atoms with Crippen LogP contribution in [-0.4, -0.2) is 11.4 Å². The van der Waals surface area contributed by atoms with Crippen LogP contribution in [0.4, 0.5) is 5.69 Å². The lowest BCUT2D eigenvalue weighted by Crippen LogP contribution is -2.52. The maximum absolute atomic E-state index is 12.2. The molecule has 0 heterocycles.